The second kappa shape index (κ2) is 4.03. The second-order valence-electron chi connectivity index (χ2n) is 5.16. The number of alkyl halides is 2. The van der Waals surface area contributed by atoms with E-state index in [0.717, 1.165) is 11.3 Å². The Morgan fingerprint density at radius 1 is 1.17 bits per heavy atom. The first-order valence-electron chi connectivity index (χ1n) is 5.78. The number of imide groups is 1. The van der Waals surface area contributed by atoms with Crippen LogP contribution in [-0.4, -0.2) is 44.0 Å². The van der Waals surface area contributed by atoms with Gasteiger partial charge in [-0.2, -0.15) is 0 Å². The minimum atomic E-state index is -1.14. The Bertz CT molecular complexity index is 422. The van der Waals surface area contributed by atoms with Gasteiger partial charge in [0.2, 0.25) is 11.8 Å². The summed E-state index contributed by atoms with van der Waals surface area (Å²) in [4.78, 5) is 36.4. The van der Waals surface area contributed by atoms with Gasteiger partial charge in [-0.25, -0.2) is 0 Å². The summed E-state index contributed by atoms with van der Waals surface area (Å²) < 4.78 is 0. The fourth-order valence-corrected chi connectivity index (χ4v) is 5.58. The molecule has 2 aliphatic carbocycles. The molecule has 98 valence electrons. The Kier molecular flexibility index (Phi) is 2.82. The van der Waals surface area contributed by atoms with Gasteiger partial charge in [0, 0.05) is 9.65 Å². The zero-order valence-corrected chi connectivity index (χ0v) is 12.4. The van der Waals surface area contributed by atoms with Crippen LogP contribution in [0.4, 0.5) is 0 Å². The third-order valence-electron chi connectivity index (χ3n) is 4.37. The molecule has 2 saturated carbocycles. The quantitative estimate of drug-likeness (QED) is 0.569. The molecular formula is C11H11Br2NO4. The van der Waals surface area contributed by atoms with Gasteiger partial charge in [0.1, 0.15) is 6.54 Å². The van der Waals surface area contributed by atoms with Crippen LogP contribution < -0.4 is 0 Å². The number of carbonyl (C=O) groups is 3. The largest absolute Gasteiger partial charge is 0.480 e. The number of halogens is 2. The minimum Gasteiger partial charge on any atom is -0.480 e. The highest BCUT2D eigenvalue weighted by atomic mass is 79.9. The van der Waals surface area contributed by atoms with E-state index in [-0.39, 0.29) is 45.1 Å². The summed E-state index contributed by atoms with van der Waals surface area (Å²) in [6, 6.07) is 0. The van der Waals surface area contributed by atoms with Crippen LogP contribution in [0.2, 0.25) is 0 Å². The SMILES string of the molecule is O=C(O)CN1C(=O)[C@@H]2[C@@H]3C[C@@H]([C@@H](Br)[C@H]3Br)[C@@H]2C1=O. The Balaban J connectivity index is 1.92. The van der Waals surface area contributed by atoms with E-state index in [2.05, 4.69) is 31.9 Å². The molecule has 3 rings (SSSR count). The number of carbonyl (C=O) groups excluding carboxylic acids is 2. The zero-order valence-electron chi connectivity index (χ0n) is 9.25. The van der Waals surface area contributed by atoms with Gasteiger partial charge in [-0.05, 0) is 18.3 Å². The third kappa shape index (κ3) is 1.46. The van der Waals surface area contributed by atoms with Crippen molar-refractivity contribution in [2.45, 2.75) is 16.1 Å². The van der Waals surface area contributed by atoms with Crippen molar-refractivity contribution in [1.82, 2.24) is 4.90 Å². The first-order chi connectivity index (χ1) is 8.43. The first kappa shape index (κ1) is 12.6. The molecule has 0 aromatic carbocycles. The number of carboxylic acid groups (broad SMARTS) is 1. The van der Waals surface area contributed by atoms with Crippen LogP contribution in [0.3, 0.4) is 0 Å². The number of nitrogens with zero attached hydrogens (tertiary/aromatic N) is 1. The topological polar surface area (TPSA) is 74.7 Å². The van der Waals surface area contributed by atoms with E-state index in [1.807, 2.05) is 0 Å². The summed E-state index contributed by atoms with van der Waals surface area (Å²) in [6.07, 6.45) is 0.861. The second-order valence-corrected chi connectivity index (χ2v) is 7.27. The number of hydrogen-bond acceptors (Lipinski definition) is 3. The molecule has 1 heterocycles. The number of rotatable bonds is 2. The molecule has 1 saturated heterocycles. The molecule has 1 aliphatic heterocycles. The van der Waals surface area contributed by atoms with Crippen LogP contribution in [0, 0.1) is 23.7 Å². The number of likely N-dealkylation sites (tertiary alicyclic amines) is 1. The molecule has 2 bridgehead atoms. The smallest absolute Gasteiger partial charge is 0.323 e. The Labute approximate surface area is 120 Å². The predicted molar refractivity (Wildman–Crippen MR) is 68.4 cm³/mol. The van der Waals surface area contributed by atoms with E-state index in [1.165, 1.54) is 0 Å². The normalized spacial score (nSPS) is 45.8. The Morgan fingerprint density at radius 3 is 2.00 bits per heavy atom. The minimum absolute atomic E-state index is 0.139. The maximum Gasteiger partial charge on any atom is 0.323 e. The standard InChI is InChI=1S/C11H11Br2NO4/c12-8-3-1-4(9(8)13)7-6(3)10(17)14(11(7)18)2-5(15)16/h3-4,6-9H,1-2H2,(H,15,16)/t3-,4+,6+,7-,8-,9+. The molecule has 3 aliphatic rings. The average Bonchev–Trinajstić information content (AvgIpc) is 2.88. The summed E-state index contributed by atoms with van der Waals surface area (Å²) >= 11 is 7.14. The van der Waals surface area contributed by atoms with Crippen molar-refractivity contribution >= 4 is 49.6 Å². The lowest BCUT2D eigenvalue weighted by Crippen LogP contribution is -2.37. The molecule has 1 N–H and O–H groups in total. The molecule has 0 unspecified atom stereocenters. The molecule has 0 aromatic heterocycles. The van der Waals surface area contributed by atoms with Crippen LogP contribution >= 0.6 is 31.9 Å². The van der Waals surface area contributed by atoms with Crippen LogP contribution in [-0.2, 0) is 14.4 Å². The van der Waals surface area contributed by atoms with Gasteiger partial charge in [0.15, 0.2) is 0 Å². The summed E-state index contributed by atoms with van der Waals surface area (Å²) in [7, 11) is 0. The maximum absolute atomic E-state index is 12.2. The number of hydrogen-bond donors (Lipinski definition) is 1. The molecule has 0 radical (unpaired) electrons. The van der Waals surface area contributed by atoms with Gasteiger partial charge in [0.05, 0.1) is 11.8 Å². The van der Waals surface area contributed by atoms with Crippen molar-refractivity contribution in [3.05, 3.63) is 0 Å². The molecule has 7 heteroatoms. The third-order valence-corrected chi connectivity index (χ3v) is 7.58. The number of carboxylic acids is 1. The fraction of sp³-hybridized carbons (Fsp3) is 0.727. The lowest BCUT2D eigenvalue weighted by Gasteiger charge is -2.28. The van der Waals surface area contributed by atoms with Crippen molar-refractivity contribution < 1.29 is 19.5 Å². The summed E-state index contributed by atoms with van der Waals surface area (Å²) in [6.45, 7) is -0.510. The van der Waals surface area contributed by atoms with Crippen molar-refractivity contribution in [2.24, 2.45) is 23.7 Å². The maximum atomic E-state index is 12.2. The van der Waals surface area contributed by atoms with Crippen LogP contribution in [0.25, 0.3) is 0 Å². The predicted octanol–water partition coefficient (Wildman–Crippen LogP) is 0.849. The van der Waals surface area contributed by atoms with Crippen molar-refractivity contribution in [2.75, 3.05) is 6.54 Å². The monoisotopic (exact) mass is 379 g/mol. The number of aliphatic carboxylic acids is 1. The number of fused-ring (bicyclic) bond motifs is 5. The average molecular weight is 381 g/mol. The summed E-state index contributed by atoms with van der Waals surface area (Å²) in [5.41, 5.74) is 0. The molecule has 6 atom stereocenters. The lowest BCUT2D eigenvalue weighted by atomic mass is 9.81. The van der Waals surface area contributed by atoms with E-state index in [4.69, 9.17) is 5.11 Å². The van der Waals surface area contributed by atoms with Crippen molar-refractivity contribution in [3.63, 3.8) is 0 Å². The van der Waals surface area contributed by atoms with Crippen LogP contribution in [0.1, 0.15) is 6.42 Å². The van der Waals surface area contributed by atoms with Gasteiger partial charge in [-0.3, -0.25) is 19.3 Å². The Hall–Kier alpha value is -0.430. The van der Waals surface area contributed by atoms with E-state index in [9.17, 15) is 14.4 Å². The van der Waals surface area contributed by atoms with Crippen molar-refractivity contribution in [3.8, 4) is 0 Å². The molecule has 2 amide bonds. The lowest BCUT2D eigenvalue weighted by molar-refractivity contribution is -0.149. The molecule has 18 heavy (non-hydrogen) atoms. The highest BCUT2D eigenvalue weighted by molar-refractivity contribution is 9.12. The van der Waals surface area contributed by atoms with Crippen LogP contribution in [0.5, 0.6) is 0 Å². The van der Waals surface area contributed by atoms with Gasteiger partial charge < -0.3 is 5.11 Å². The first-order valence-corrected chi connectivity index (χ1v) is 7.61. The van der Waals surface area contributed by atoms with Crippen LogP contribution in [0.15, 0.2) is 0 Å². The molecule has 0 aromatic rings. The van der Waals surface area contributed by atoms with E-state index >= 15 is 0 Å². The van der Waals surface area contributed by atoms with E-state index < -0.39 is 12.5 Å². The van der Waals surface area contributed by atoms with E-state index in [1.54, 1.807) is 0 Å². The van der Waals surface area contributed by atoms with Gasteiger partial charge in [0.25, 0.3) is 0 Å². The molecule has 3 fully saturated rings. The summed E-state index contributed by atoms with van der Waals surface area (Å²) in [5, 5.41) is 8.76. The molecule has 0 spiro atoms. The molecule has 5 nitrogen and oxygen atoms in total. The highest BCUT2D eigenvalue weighted by Gasteiger charge is 2.66. The summed E-state index contributed by atoms with van der Waals surface area (Å²) in [5.74, 6) is -2.11. The molecular weight excluding hydrogens is 370 g/mol. The van der Waals surface area contributed by atoms with Gasteiger partial charge in [-0.15, -0.1) is 0 Å². The van der Waals surface area contributed by atoms with Gasteiger partial charge >= 0.3 is 5.97 Å². The Morgan fingerprint density at radius 2 is 1.61 bits per heavy atom. The zero-order chi connectivity index (χ0) is 13.2. The number of amides is 2. The van der Waals surface area contributed by atoms with Crippen molar-refractivity contribution in [1.29, 1.82) is 0 Å². The van der Waals surface area contributed by atoms with Gasteiger partial charge in [-0.1, -0.05) is 31.9 Å². The van der Waals surface area contributed by atoms with E-state index in [0.29, 0.717) is 0 Å². The fourth-order valence-electron chi connectivity index (χ4n) is 3.70. The highest BCUT2D eigenvalue weighted by Crippen LogP contribution is 2.60.